The van der Waals surface area contributed by atoms with Crippen molar-refractivity contribution in [2.24, 2.45) is 0 Å². The Kier molecular flexibility index (Phi) is 9.66. The van der Waals surface area contributed by atoms with Gasteiger partial charge in [0.2, 0.25) is 5.91 Å². The maximum atomic E-state index is 14.1. The molecule has 0 heterocycles. The summed E-state index contributed by atoms with van der Waals surface area (Å²) < 4.78 is 29.6. The molecule has 0 unspecified atom stereocenters. The molecule has 0 aliphatic rings. The fraction of sp³-hybridized carbons (Fsp3) is 0.133. The zero-order chi connectivity index (χ0) is 29.0. The minimum absolute atomic E-state index is 0.0149. The van der Waals surface area contributed by atoms with Gasteiger partial charge in [-0.05, 0) is 67.1 Å². The summed E-state index contributed by atoms with van der Waals surface area (Å²) in [6.45, 7) is 1.85. The summed E-state index contributed by atoms with van der Waals surface area (Å²) >= 11 is 10.5. The van der Waals surface area contributed by atoms with Gasteiger partial charge in [-0.15, -0.1) is 0 Å². The Bertz CT molecular complexity index is 1630. The SMILES string of the molecule is Cc1ccc(S(=O)(=O)N(C)C(=O)C[C@H](c2cccc(Br)c2)N(C(=O)c2ccccc2)c2cc(Br)cc(Br)c2)cc1. The van der Waals surface area contributed by atoms with Crippen molar-refractivity contribution < 1.29 is 18.0 Å². The zero-order valence-electron chi connectivity index (χ0n) is 21.6. The first-order valence-corrected chi connectivity index (χ1v) is 16.0. The molecule has 40 heavy (non-hydrogen) atoms. The maximum Gasteiger partial charge on any atom is 0.266 e. The van der Waals surface area contributed by atoms with E-state index < -0.39 is 22.0 Å². The number of halogens is 3. The number of sulfonamides is 1. The van der Waals surface area contributed by atoms with Crippen molar-refractivity contribution in [3.8, 4) is 0 Å². The van der Waals surface area contributed by atoms with Crippen LogP contribution >= 0.6 is 47.8 Å². The maximum absolute atomic E-state index is 14.1. The molecule has 4 rings (SSSR count). The molecule has 6 nitrogen and oxygen atoms in total. The lowest BCUT2D eigenvalue weighted by Crippen LogP contribution is -2.40. The average molecular weight is 749 g/mol. The molecule has 0 aliphatic heterocycles. The van der Waals surface area contributed by atoms with E-state index in [1.54, 1.807) is 48.5 Å². The fourth-order valence-electron chi connectivity index (χ4n) is 4.21. The van der Waals surface area contributed by atoms with Crippen LogP contribution in [0.15, 0.2) is 115 Å². The summed E-state index contributed by atoms with van der Waals surface area (Å²) in [5, 5.41) is 0. The van der Waals surface area contributed by atoms with E-state index in [2.05, 4.69) is 47.8 Å². The highest BCUT2D eigenvalue weighted by atomic mass is 79.9. The number of rotatable bonds is 8. The number of hydrogen-bond donors (Lipinski definition) is 0. The third-order valence-corrected chi connectivity index (χ3v) is 9.51. The number of carbonyl (C=O) groups is 2. The molecule has 206 valence electrons. The Morgan fingerprint density at radius 2 is 1.40 bits per heavy atom. The highest BCUT2D eigenvalue weighted by Crippen LogP contribution is 2.36. The third kappa shape index (κ3) is 6.91. The van der Waals surface area contributed by atoms with E-state index in [1.165, 1.54) is 24.1 Å². The third-order valence-electron chi connectivity index (χ3n) is 6.31. The topological polar surface area (TPSA) is 74.8 Å². The molecular weight excluding hydrogens is 724 g/mol. The first kappa shape index (κ1) is 30.2. The van der Waals surface area contributed by atoms with Crippen LogP contribution in [0, 0.1) is 6.92 Å². The van der Waals surface area contributed by atoms with Gasteiger partial charge in [-0.25, -0.2) is 12.7 Å². The minimum atomic E-state index is -4.11. The number of hydrogen-bond acceptors (Lipinski definition) is 4. The van der Waals surface area contributed by atoms with Crippen molar-refractivity contribution in [2.45, 2.75) is 24.3 Å². The van der Waals surface area contributed by atoms with Crippen LogP contribution in [0.1, 0.15) is 33.9 Å². The number of amides is 2. The Labute approximate surface area is 259 Å². The Morgan fingerprint density at radius 3 is 2.00 bits per heavy atom. The second-order valence-corrected chi connectivity index (χ2v) is 13.8. The lowest BCUT2D eigenvalue weighted by molar-refractivity contribution is -0.126. The molecule has 4 aromatic rings. The fourth-order valence-corrected chi connectivity index (χ4v) is 7.03. The summed E-state index contributed by atoms with van der Waals surface area (Å²) in [5.41, 5.74) is 2.51. The number of benzene rings is 4. The summed E-state index contributed by atoms with van der Waals surface area (Å²) in [5.74, 6) is -1.00. The summed E-state index contributed by atoms with van der Waals surface area (Å²) in [7, 11) is -2.87. The van der Waals surface area contributed by atoms with Crippen LogP contribution < -0.4 is 4.90 Å². The summed E-state index contributed by atoms with van der Waals surface area (Å²) in [4.78, 5) is 29.4. The molecule has 0 saturated heterocycles. The molecule has 0 radical (unpaired) electrons. The molecule has 0 N–H and O–H groups in total. The molecule has 0 saturated carbocycles. The van der Waals surface area contributed by atoms with E-state index in [1.807, 2.05) is 43.3 Å². The van der Waals surface area contributed by atoms with Crippen molar-refractivity contribution in [2.75, 3.05) is 11.9 Å². The van der Waals surface area contributed by atoms with E-state index >= 15 is 0 Å². The second-order valence-electron chi connectivity index (χ2n) is 9.12. The smallest absolute Gasteiger partial charge is 0.266 e. The lowest BCUT2D eigenvalue weighted by Gasteiger charge is -2.33. The second kappa shape index (κ2) is 12.8. The van der Waals surface area contributed by atoms with Crippen LogP contribution in [0.5, 0.6) is 0 Å². The predicted molar refractivity (Wildman–Crippen MR) is 168 cm³/mol. The monoisotopic (exact) mass is 746 g/mol. The molecule has 0 aliphatic carbocycles. The first-order valence-electron chi connectivity index (χ1n) is 12.2. The van der Waals surface area contributed by atoms with Crippen molar-refractivity contribution in [1.29, 1.82) is 0 Å². The quantitative estimate of drug-likeness (QED) is 0.184. The normalized spacial score (nSPS) is 12.0. The Morgan fingerprint density at radius 1 is 0.775 bits per heavy atom. The Balaban J connectivity index is 1.83. The predicted octanol–water partition coefficient (Wildman–Crippen LogP) is 7.91. The van der Waals surface area contributed by atoms with Crippen molar-refractivity contribution in [1.82, 2.24) is 4.31 Å². The summed E-state index contributed by atoms with van der Waals surface area (Å²) in [6, 6.07) is 26.9. The van der Waals surface area contributed by atoms with Crippen molar-refractivity contribution >= 4 is 75.3 Å². The van der Waals surface area contributed by atoms with Crippen LogP contribution in [0.4, 0.5) is 5.69 Å². The van der Waals surface area contributed by atoms with Gasteiger partial charge in [0.05, 0.1) is 17.4 Å². The molecule has 0 aromatic heterocycles. The Hall–Kier alpha value is -2.79. The lowest BCUT2D eigenvalue weighted by atomic mass is 9.99. The molecule has 1 atom stereocenters. The molecular formula is C30H25Br3N2O4S. The number of anilines is 1. The van der Waals surface area contributed by atoms with Gasteiger partial charge in [0.15, 0.2) is 0 Å². The molecule has 0 fully saturated rings. The van der Waals surface area contributed by atoms with Gasteiger partial charge in [0.25, 0.3) is 15.9 Å². The number of nitrogens with zero attached hydrogens (tertiary/aromatic N) is 2. The largest absolute Gasteiger partial charge is 0.300 e. The van der Waals surface area contributed by atoms with E-state index in [0.29, 0.717) is 16.8 Å². The molecule has 0 bridgehead atoms. The number of aryl methyl sites for hydroxylation is 1. The van der Waals surface area contributed by atoms with Crippen molar-refractivity contribution in [3.05, 3.63) is 127 Å². The summed E-state index contributed by atoms with van der Waals surface area (Å²) in [6.07, 6.45) is -0.291. The van der Waals surface area contributed by atoms with Crippen LogP contribution in [-0.2, 0) is 14.8 Å². The standard InChI is InChI=1S/C30H25Br3N2O4S/c1-20-11-13-27(14-12-20)40(38,39)34(2)29(36)19-28(22-9-6-10-23(31)15-22)35(26-17-24(32)16-25(33)18-26)30(37)21-7-4-3-5-8-21/h3-18,28H,19H2,1-2H3/t28-/m1/s1. The number of carbonyl (C=O) groups excluding carboxylic acids is 2. The minimum Gasteiger partial charge on any atom is -0.300 e. The van der Waals surface area contributed by atoms with Crippen LogP contribution in [0.25, 0.3) is 0 Å². The first-order chi connectivity index (χ1) is 19.0. The van der Waals surface area contributed by atoms with Crippen LogP contribution in [0.3, 0.4) is 0 Å². The van der Waals surface area contributed by atoms with Gasteiger partial charge in [-0.2, -0.15) is 0 Å². The van der Waals surface area contributed by atoms with Gasteiger partial charge in [0.1, 0.15) is 0 Å². The highest BCUT2D eigenvalue weighted by Gasteiger charge is 2.34. The van der Waals surface area contributed by atoms with Crippen LogP contribution in [-0.4, -0.2) is 31.6 Å². The van der Waals surface area contributed by atoms with Crippen LogP contribution in [0.2, 0.25) is 0 Å². The van der Waals surface area contributed by atoms with Gasteiger partial charge in [-0.3, -0.25) is 9.59 Å². The van der Waals surface area contributed by atoms with E-state index in [9.17, 15) is 18.0 Å². The van der Waals surface area contributed by atoms with Gasteiger partial charge < -0.3 is 4.90 Å². The van der Waals surface area contributed by atoms with E-state index in [-0.39, 0.29) is 17.2 Å². The van der Waals surface area contributed by atoms with Gasteiger partial charge in [0, 0.05) is 31.7 Å². The zero-order valence-corrected chi connectivity index (χ0v) is 27.2. The highest BCUT2D eigenvalue weighted by molar-refractivity contribution is 9.11. The van der Waals surface area contributed by atoms with Gasteiger partial charge >= 0.3 is 0 Å². The molecule has 0 spiro atoms. The average Bonchev–Trinajstić information content (AvgIpc) is 2.92. The van der Waals surface area contributed by atoms with E-state index in [0.717, 1.165) is 23.3 Å². The van der Waals surface area contributed by atoms with E-state index in [4.69, 9.17) is 0 Å². The molecule has 10 heteroatoms. The molecule has 2 amide bonds. The van der Waals surface area contributed by atoms with Gasteiger partial charge in [-0.1, -0.05) is 95.8 Å². The van der Waals surface area contributed by atoms with Crippen molar-refractivity contribution in [3.63, 3.8) is 0 Å². The molecule has 4 aromatic carbocycles.